The molecule has 0 aromatic heterocycles. The van der Waals surface area contributed by atoms with E-state index >= 15 is 0 Å². The Morgan fingerprint density at radius 3 is 2.25 bits per heavy atom. The second-order valence-corrected chi connectivity index (χ2v) is 2.70. The van der Waals surface area contributed by atoms with Gasteiger partial charge in [0, 0.05) is 5.56 Å². The molecule has 1 rings (SSSR count). The van der Waals surface area contributed by atoms with Crippen molar-refractivity contribution < 1.29 is 4.79 Å². The molecule has 0 N–H and O–H groups in total. The number of amides is 1. The van der Waals surface area contributed by atoms with Gasteiger partial charge in [0.05, 0.1) is 0 Å². The minimum Gasteiger partial charge on any atom is -0.253 e. The average Bonchev–Trinajstić information content (AvgIpc) is 2.05. The fraction of sp³-hybridized carbons (Fsp3) is 0. The molecular formula is C8H5Cl2NO. The van der Waals surface area contributed by atoms with Crippen LogP contribution < -0.4 is 0 Å². The lowest BCUT2D eigenvalue weighted by Crippen LogP contribution is -1.92. The second kappa shape index (κ2) is 4.24. The molecule has 0 bridgehead atoms. The molecule has 1 amide bonds. The van der Waals surface area contributed by atoms with Gasteiger partial charge >= 0.3 is 5.37 Å². The Bertz CT molecular complexity index is 308. The van der Waals surface area contributed by atoms with E-state index in [0.717, 1.165) is 0 Å². The van der Waals surface area contributed by atoms with E-state index in [9.17, 15) is 4.79 Å². The monoisotopic (exact) mass is 201 g/mol. The third kappa shape index (κ3) is 2.64. The van der Waals surface area contributed by atoms with E-state index in [0.29, 0.717) is 5.56 Å². The normalized spacial score (nSPS) is 11.3. The minimum atomic E-state index is -0.816. The molecule has 0 aliphatic heterocycles. The molecule has 0 atom stereocenters. The molecule has 1 aromatic carbocycles. The Labute approximate surface area is 79.8 Å². The number of aliphatic imine (C=N–C) groups is 1. The number of hydrogen-bond donors (Lipinski definition) is 0. The maximum atomic E-state index is 10.3. The lowest BCUT2D eigenvalue weighted by molar-refractivity contribution is 0.266. The van der Waals surface area contributed by atoms with Gasteiger partial charge in [-0.15, -0.1) is 0 Å². The van der Waals surface area contributed by atoms with Crippen molar-refractivity contribution in [2.75, 3.05) is 0 Å². The van der Waals surface area contributed by atoms with Gasteiger partial charge in [0.25, 0.3) is 0 Å². The zero-order valence-electron chi connectivity index (χ0n) is 6.00. The van der Waals surface area contributed by atoms with Crippen molar-refractivity contribution in [2.45, 2.75) is 0 Å². The first-order chi connectivity index (χ1) is 5.70. The van der Waals surface area contributed by atoms with Gasteiger partial charge < -0.3 is 0 Å². The smallest absolute Gasteiger partial charge is 0.253 e. The van der Waals surface area contributed by atoms with E-state index in [1.165, 1.54) is 0 Å². The van der Waals surface area contributed by atoms with Crippen LogP contribution >= 0.6 is 23.2 Å². The van der Waals surface area contributed by atoms with Gasteiger partial charge in [-0.1, -0.05) is 41.9 Å². The molecule has 12 heavy (non-hydrogen) atoms. The number of carbonyl (C=O) groups is 1. The molecule has 0 unspecified atom stereocenters. The van der Waals surface area contributed by atoms with Crippen LogP contribution in [0.3, 0.4) is 0 Å². The summed E-state index contributed by atoms with van der Waals surface area (Å²) in [5.74, 6) is 0. The third-order valence-electron chi connectivity index (χ3n) is 1.20. The summed E-state index contributed by atoms with van der Waals surface area (Å²) >= 11 is 10.7. The van der Waals surface area contributed by atoms with Crippen LogP contribution in [0.15, 0.2) is 35.3 Å². The van der Waals surface area contributed by atoms with Gasteiger partial charge in [0.1, 0.15) is 5.17 Å². The fourth-order valence-electron chi connectivity index (χ4n) is 0.717. The molecule has 0 aliphatic rings. The molecule has 4 heteroatoms. The number of carbonyl (C=O) groups excluding carboxylic acids is 1. The van der Waals surface area contributed by atoms with Crippen LogP contribution in [-0.2, 0) is 0 Å². The first-order valence-electron chi connectivity index (χ1n) is 3.19. The van der Waals surface area contributed by atoms with E-state index in [-0.39, 0.29) is 5.17 Å². The summed E-state index contributed by atoms with van der Waals surface area (Å²) in [4.78, 5) is 13.7. The predicted octanol–water partition coefficient (Wildman–Crippen LogP) is 3.03. The molecule has 2 nitrogen and oxygen atoms in total. The summed E-state index contributed by atoms with van der Waals surface area (Å²) in [7, 11) is 0. The highest BCUT2D eigenvalue weighted by Gasteiger charge is 1.99. The summed E-state index contributed by atoms with van der Waals surface area (Å²) in [5, 5.41) is -0.709. The summed E-state index contributed by atoms with van der Waals surface area (Å²) in [6.45, 7) is 0. The maximum absolute atomic E-state index is 10.3. The largest absolute Gasteiger partial charge is 0.341 e. The van der Waals surface area contributed by atoms with E-state index in [1.807, 2.05) is 6.07 Å². The molecule has 62 valence electrons. The van der Waals surface area contributed by atoms with Crippen molar-refractivity contribution in [3.63, 3.8) is 0 Å². The van der Waals surface area contributed by atoms with Crippen LogP contribution in [0.2, 0.25) is 0 Å². The first-order valence-corrected chi connectivity index (χ1v) is 3.95. The van der Waals surface area contributed by atoms with Crippen molar-refractivity contribution in [2.24, 2.45) is 4.99 Å². The molecule has 0 fully saturated rings. The van der Waals surface area contributed by atoms with Gasteiger partial charge in [-0.3, -0.25) is 4.79 Å². The molecule has 1 aromatic rings. The average molecular weight is 202 g/mol. The standard InChI is InChI=1S/C8H5Cl2NO/c9-7(11-8(10)12)6-4-2-1-3-5-6/h1-5H/b11-7-. The highest BCUT2D eigenvalue weighted by molar-refractivity contribution is 6.73. The van der Waals surface area contributed by atoms with Gasteiger partial charge in [-0.2, -0.15) is 4.99 Å². The Morgan fingerprint density at radius 1 is 1.17 bits per heavy atom. The summed E-state index contributed by atoms with van der Waals surface area (Å²) in [6, 6.07) is 8.92. The van der Waals surface area contributed by atoms with Crippen molar-refractivity contribution in [1.29, 1.82) is 0 Å². The van der Waals surface area contributed by atoms with Crippen LogP contribution in [-0.4, -0.2) is 10.5 Å². The Morgan fingerprint density at radius 2 is 1.75 bits per heavy atom. The Balaban J connectivity index is 2.93. The SMILES string of the molecule is O=C(Cl)/N=C(\Cl)c1ccccc1. The first kappa shape index (κ1) is 9.23. The van der Waals surface area contributed by atoms with E-state index < -0.39 is 5.37 Å². The van der Waals surface area contributed by atoms with Crippen molar-refractivity contribution in [3.05, 3.63) is 35.9 Å². The highest BCUT2D eigenvalue weighted by atomic mass is 35.5. The zero-order valence-corrected chi connectivity index (χ0v) is 7.51. The number of nitrogens with zero attached hydrogens (tertiary/aromatic N) is 1. The van der Waals surface area contributed by atoms with Crippen LogP contribution in [0.5, 0.6) is 0 Å². The van der Waals surface area contributed by atoms with Crippen molar-refractivity contribution >= 4 is 33.7 Å². The molecule has 0 saturated heterocycles. The third-order valence-corrected chi connectivity index (χ3v) is 1.59. The topological polar surface area (TPSA) is 29.4 Å². The van der Waals surface area contributed by atoms with Crippen LogP contribution in [0.25, 0.3) is 0 Å². The van der Waals surface area contributed by atoms with Crippen molar-refractivity contribution in [1.82, 2.24) is 0 Å². The number of benzene rings is 1. The molecular weight excluding hydrogens is 197 g/mol. The minimum absolute atomic E-state index is 0.107. The number of halogens is 2. The van der Waals surface area contributed by atoms with E-state index in [1.54, 1.807) is 24.3 Å². The highest BCUT2D eigenvalue weighted by Crippen LogP contribution is 2.05. The lowest BCUT2D eigenvalue weighted by Gasteiger charge is -1.93. The van der Waals surface area contributed by atoms with Gasteiger partial charge in [-0.05, 0) is 11.6 Å². The van der Waals surface area contributed by atoms with Crippen LogP contribution in [0.1, 0.15) is 5.56 Å². The fourth-order valence-corrected chi connectivity index (χ4v) is 1.05. The Hall–Kier alpha value is -0.860. The quantitative estimate of drug-likeness (QED) is 0.391. The number of hydrogen-bond acceptors (Lipinski definition) is 1. The number of rotatable bonds is 1. The molecule has 0 heterocycles. The molecule has 0 saturated carbocycles. The van der Waals surface area contributed by atoms with Crippen LogP contribution in [0, 0.1) is 0 Å². The molecule has 0 aliphatic carbocycles. The molecule has 0 spiro atoms. The zero-order chi connectivity index (χ0) is 8.97. The van der Waals surface area contributed by atoms with Crippen molar-refractivity contribution in [3.8, 4) is 0 Å². The van der Waals surface area contributed by atoms with Gasteiger partial charge in [-0.25, -0.2) is 0 Å². The van der Waals surface area contributed by atoms with Gasteiger partial charge in [0.15, 0.2) is 0 Å². The summed E-state index contributed by atoms with van der Waals surface area (Å²) in [6.07, 6.45) is 0. The second-order valence-electron chi connectivity index (χ2n) is 2.02. The van der Waals surface area contributed by atoms with Gasteiger partial charge in [0.2, 0.25) is 0 Å². The summed E-state index contributed by atoms with van der Waals surface area (Å²) in [5.41, 5.74) is 0.674. The Kier molecular flexibility index (Phi) is 3.26. The van der Waals surface area contributed by atoms with E-state index in [4.69, 9.17) is 23.2 Å². The summed E-state index contributed by atoms with van der Waals surface area (Å²) < 4.78 is 0. The molecule has 0 radical (unpaired) electrons. The van der Waals surface area contributed by atoms with E-state index in [2.05, 4.69) is 4.99 Å². The predicted molar refractivity (Wildman–Crippen MR) is 50.1 cm³/mol. The van der Waals surface area contributed by atoms with Crippen LogP contribution in [0.4, 0.5) is 4.79 Å². The lowest BCUT2D eigenvalue weighted by atomic mass is 10.2. The maximum Gasteiger partial charge on any atom is 0.341 e.